The Morgan fingerprint density at radius 2 is 1.43 bits per heavy atom. The van der Waals surface area contributed by atoms with Crippen LogP contribution in [0.15, 0.2) is 58.3 Å². The zero-order valence-electron chi connectivity index (χ0n) is 12.6. The summed E-state index contributed by atoms with van der Waals surface area (Å²) >= 11 is 2.95. The molecule has 0 spiro atoms. The molecular weight excluding hydrogens is 332 g/mol. The van der Waals surface area contributed by atoms with Gasteiger partial charge in [-0.05, 0) is 55.5 Å². The number of hydrogen-bond donors (Lipinski definition) is 2. The molecule has 1 atom stereocenters. The first-order valence-electron chi connectivity index (χ1n) is 7.06. The average Bonchev–Trinajstić information content (AvgIpc) is 2.54. The molecule has 23 heavy (non-hydrogen) atoms. The number of hydrogen-bond acceptors (Lipinski definition) is 6. The molecule has 0 aliphatic carbocycles. The van der Waals surface area contributed by atoms with Crippen molar-refractivity contribution >= 4 is 29.5 Å². The molecule has 2 aromatic rings. The molecule has 0 radical (unpaired) electrons. The number of phenols is 2. The van der Waals surface area contributed by atoms with Crippen LogP contribution in [0.4, 0.5) is 0 Å². The lowest BCUT2D eigenvalue weighted by molar-refractivity contribution is -0.143. The van der Waals surface area contributed by atoms with Crippen LogP contribution in [0, 0.1) is 0 Å². The van der Waals surface area contributed by atoms with E-state index in [0.29, 0.717) is 5.75 Å². The van der Waals surface area contributed by atoms with Crippen LogP contribution in [0.5, 0.6) is 11.5 Å². The van der Waals surface area contributed by atoms with Gasteiger partial charge in [0.1, 0.15) is 17.6 Å². The highest BCUT2D eigenvalue weighted by molar-refractivity contribution is 8.00. The molecule has 2 N–H and O–H groups in total. The second kappa shape index (κ2) is 8.74. The number of aromatic hydroxyl groups is 2. The maximum Gasteiger partial charge on any atom is 0.316 e. The fraction of sp³-hybridized carbons (Fsp3) is 0.235. The topological polar surface area (TPSA) is 66.8 Å². The van der Waals surface area contributed by atoms with E-state index in [-0.39, 0.29) is 29.3 Å². The molecule has 0 aromatic heterocycles. The Balaban J connectivity index is 1.69. The van der Waals surface area contributed by atoms with E-state index in [2.05, 4.69) is 0 Å². The fourth-order valence-corrected chi connectivity index (χ4v) is 3.24. The molecular formula is C17H18O4S2. The molecule has 6 heteroatoms. The molecule has 4 nitrogen and oxygen atoms in total. The Morgan fingerprint density at radius 1 is 0.957 bits per heavy atom. The Kier molecular flexibility index (Phi) is 6.67. The van der Waals surface area contributed by atoms with E-state index >= 15 is 0 Å². The van der Waals surface area contributed by atoms with E-state index < -0.39 is 0 Å². The van der Waals surface area contributed by atoms with Crippen molar-refractivity contribution in [2.45, 2.75) is 22.8 Å². The predicted molar refractivity (Wildman–Crippen MR) is 93.2 cm³/mol. The zero-order valence-corrected chi connectivity index (χ0v) is 14.3. The number of benzene rings is 2. The van der Waals surface area contributed by atoms with Gasteiger partial charge in [-0.15, -0.1) is 23.5 Å². The van der Waals surface area contributed by atoms with Crippen LogP contribution >= 0.6 is 23.5 Å². The third-order valence-corrected chi connectivity index (χ3v) is 5.07. The molecule has 0 fully saturated rings. The van der Waals surface area contributed by atoms with Crippen molar-refractivity contribution < 1.29 is 19.7 Å². The van der Waals surface area contributed by atoms with Gasteiger partial charge in [-0.1, -0.05) is 0 Å². The second-order valence-corrected chi connectivity index (χ2v) is 7.03. The van der Waals surface area contributed by atoms with Gasteiger partial charge in [0.05, 0.1) is 5.75 Å². The number of carbonyl (C=O) groups is 1. The van der Waals surface area contributed by atoms with E-state index in [4.69, 9.17) is 4.74 Å². The molecule has 0 bridgehead atoms. The zero-order chi connectivity index (χ0) is 16.7. The molecule has 2 aromatic carbocycles. The maximum atomic E-state index is 11.8. The molecule has 0 saturated carbocycles. The van der Waals surface area contributed by atoms with Crippen LogP contribution in [0.3, 0.4) is 0 Å². The van der Waals surface area contributed by atoms with Crippen LogP contribution in [0.2, 0.25) is 0 Å². The van der Waals surface area contributed by atoms with Crippen molar-refractivity contribution in [2.24, 2.45) is 0 Å². The molecule has 122 valence electrons. The van der Waals surface area contributed by atoms with Crippen molar-refractivity contribution in [1.82, 2.24) is 0 Å². The molecule has 0 aliphatic rings. The van der Waals surface area contributed by atoms with Crippen LogP contribution in [-0.2, 0) is 9.53 Å². The highest BCUT2D eigenvalue weighted by Crippen LogP contribution is 2.23. The van der Waals surface area contributed by atoms with E-state index in [1.807, 2.05) is 19.1 Å². The minimum Gasteiger partial charge on any atom is -0.508 e. The number of carbonyl (C=O) groups excluding carboxylic acids is 1. The monoisotopic (exact) mass is 350 g/mol. The van der Waals surface area contributed by atoms with E-state index in [0.717, 1.165) is 9.79 Å². The Bertz CT molecular complexity index is 626. The number of ether oxygens (including phenoxy) is 1. The average molecular weight is 350 g/mol. The number of rotatable bonds is 7. The standard InChI is InChI=1S/C17H18O4S2/c1-12(10-22-15-6-2-13(18)3-7-15)21-17(20)11-23-16-8-4-14(19)5-9-16/h2-9,12,18-19H,10-11H2,1H3. The van der Waals surface area contributed by atoms with Crippen molar-refractivity contribution in [1.29, 1.82) is 0 Å². The van der Waals surface area contributed by atoms with Crippen LogP contribution in [0.25, 0.3) is 0 Å². The third-order valence-electron chi connectivity index (χ3n) is 2.85. The lowest BCUT2D eigenvalue weighted by Gasteiger charge is -2.13. The number of thioether (sulfide) groups is 2. The molecule has 0 heterocycles. The number of phenolic OH excluding ortho intramolecular Hbond substituents is 2. The summed E-state index contributed by atoms with van der Waals surface area (Å²) in [6.45, 7) is 1.86. The fourth-order valence-electron chi connectivity index (χ4n) is 1.73. The van der Waals surface area contributed by atoms with Gasteiger partial charge in [-0.25, -0.2) is 0 Å². The van der Waals surface area contributed by atoms with Gasteiger partial charge in [0.15, 0.2) is 0 Å². The molecule has 1 unspecified atom stereocenters. The first-order valence-corrected chi connectivity index (χ1v) is 9.03. The van der Waals surface area contributed by atoms with Gasteiger partial charge in [0, 0.05) is 15.5 Å². The van der Waals surface area contributed by atoms with Crippen molar-refractivity contribution in [3.63, 3.8) is 0 Å². The molecule has 0 aliphatic heterocycles. The molecule has 0 saturated heterocycles. The first-order chi connectivity index (χ1) is 11.0. The normalized spacial score (nSPS) is 11.9. The van der Waals surface area contributed by atoms with Crippen molar-refractivity contribution in [3.05, 3.63) is 48.5 Å². The smallest absolute Gasteiger partial charge is 0.316 e. The highest BCUT2D eigenvalue weighted by Gasteiger charge is 2.11. The van der Waals surface area contributed by atoms with Crippen LogP contribution in [0.1, 0.15) is 6.92 Å². The maximum absolute atomic E-state index is 11.8. The SMILES string of the molecule is CC(CSc1ccc(O)cc1)OC(=O)CSc1ccc(O)cc1. The first kappa shape index (κ1) is 17.6. The summed E-state index contributed by atoms with van der Waals surface area (Å²) in [4.78, 5) is 13.7. The van der Waals surface area contributed by atoms with Gasteiger partial charge in [0.2, 0.25) is 0 Å². The van der Waals surface area contributed by atoms with E-state index in [9.17, 15) is 15.0 Å². The van der Waals surface area contributed by atoms with Gasteiger partial charge >= 0.3 is 5.97 Å². The Labute approximate surface area is 143 Å². The van der Waals surface area contributed by atoms with E-state index in [1.165, 1.54) is 11.8 Å². The van der Waals surface area contributed by atoms with Crippen LogP contribution in [-0.4, -0.2) is 33.8 Å². The molecule has 2 rings (SSSR count). The largest absolute Gasteiger partial charge is 0.508 e. The summed E-state index contributed by atoms with van der Waals surface area (Å²) < 4.78 is 5.36. The Hall–Kier alpha value is -1.79. The van der Waals surface area contributed by atoms with Gasteiger partial charge in [0.25, 0.3) is 0 Å². The Morgan fingerprint density at radius 3 is 1.96 bits per heavy atom. The minimum atomic E-state index is -0.262. The lowest BCUT2D eigenvalue weighted by Crippen LogP contribution is -2.18. The quantitative estimate of drug-likeness (QED) is 0.583. The second-order valence-electron chi connectivity index (χ2n) is 4.89. The summed E-state index contributed by atoms with van der Waals surface area (Å²) in [7, 11) is 0. The summed E-state index contributed by atoms with van der Waals surface area (Å²) in [5.41, 5.74) is 0. The van der Waals surface area contributed by atoms with Crippen LogP contribution < -0.4 is 0 Å². The van der Waals surface area contributed by atoms with Gasteiger partial charge < -0.3 is 14.9 Å². The van der Waals surface area contributed by atoms with Gasteiger partial charge in [-0.2, -0.15) is 0 Å². The highest BCUT2D eigenvalue weighted by atomic mass is 32.2. The summed E-state index contributed by atoms with van der Waals surface area (Å²) in [5.74, 6) is 1.07. The lowest BCUT2D eigenvalue weighted by atomic mass is 10.3. The molecule has 0 amide bonds. The van der Waals surface area contributed by atoms with Crippen molar-refractivity contribution in [3.8, 4) is 11.5 Å². The third kappa shape index (κ3) is 6.46. The van der Waals surface area contributed by atoms with Gasteiger partial charge in [-0.3, -0.25) is 4.79 Å². The minimum absolute atomic E-state index is 0.193. The number of esters is 1. The van der Waals surface area contributed by atoms with Crippen molar-refractivity contribution in [2.75, 3.05) is 11.5 Å². The summed E-state index contributed by atoms with van der Waals surface area (Å²) in [5, 5.41) is 18.4. The summed E-state index contributed by atoms with van der Waals surface area (Å²) in [6, 6.07) is 13.6. The summed E-state index contributed by atoms with van der Waals surface area (Å²) in [6.07, 6.45) is -0.193. The van der Waals surface area contributed by atoms with E-state index in [1.54, 1.807) is 48.2 Å². The predicted octanol–water partition coefficient (Wildman–Crippen LogP) is 3.91.